The lowest BCUT2D eigenvalue weighted by atomic mass is 10.1. The Morgan fingerprint density at radius 3 is 2.83 bits per heavy atom. The van der Waals surface area contributed by atoms with Crippen LogP contribution in [0.4, 0.5) is 0 Å². The van der Waals surface area contributed by atoms with Gasteiger partial charge in [0, 0.05) is 10.9 Å². The predicted octanol–water partition coefficient (Wildman–Crippen LogP) is 3.66. The fraction of sp³-hybridized carbons (Fsp3) is 0.733. The minimum absolute atomic E-state index is 0.561. The van der Waals surface area contributed by atoms with E-state index in [4.69, 9.17) is 0 Å². The zero-order chi connectivity index (χ0) is 12.6. The maximum Gasteiger partial charge on any atom is 0.0412 e. The highest BCUT2D eigenvalue weighted by atomic mass is 32.1. The summed E-state index contributed by atoms with van der Waals surface area (Å²) in [5, 5.41) is 5.87. The van der Waals surface area contributed by atoms with Gasteiger partial charge in [-0.3, -0.25) is 0 Å². The molecule has 1 N–H and O–H groups in total. The molecule has 0 radical (unpaired) electrons. The van der Waals surface area contributed by atoms with Crippen LogP contribution in [0.5, 0.6) is 0 Å². The highest BCUT2D eigenvalue weighted by Crippen LogP contribution is 2.21. The molecule has 2 rings (SSSR count). The average molecular weight is 266 g/mol. The van der Waals surface area contributed by atoms with Crippen LogP contribution in [-0.2, 0) is 0 Å². The summed E-state index contributed by atoms with van der Waals surface area (Å²) in [6, 6.07) is 4.96. The summed E-state index contributed by atoms with van der Waals surface area (Å²) in [7, 11) is 0. The molecular formula is C15H26N2S. The van der Waals surface area contributed by atoms with Gasteiger partial charge in [0.1, 0.15) is 0 Å². The quantitative estimate of drug-likeness (QED) is 0.758. The third kappa shape index (κ3) is 4.38. The molecule has 1 aromatic heterocycles. The lowest BCUT2D eigenvalue weighted by Gasteiger charge is -2.26. The van der Waals surface area contributed by atoms with Crippen molar-refractivity contribution in [3.8, 4) is 0 Å². The molecule has 1 aromatic rings. The van der Waals surface area contributed by atoms with Crippen molar-refractivity contribution in [2.75, 3.05) is 26.2 Å². The molecule has 102 valence electrons. The third-order valence-corrected chi connectivity index (χ3v) is 4.77. The summed E-state index contributed by atoms with van der Waals surface area (Å²) < 4.78 is 0. The van der Waals surface area contributed by atoms with E-state index in [1.165, 1.54) is 56.6 Å². The molecule has 1 aliphatic rings. The summed E-state index contributed by atoms with van der Waals surface area (Å²) in [6.07, 6.45) is 6.71. The van der Waals surface area contributed by atoms with Gasteiger partial charge in [0.2, 0.25) is 0 Å². The van der Waals surface area contributed by atoms with E-state index in [-0.39, 0.29) is 0 Å². The highest BCUT2D eigenvalue weighted by Gasteiger charge is 2.11. The van der Waals surface area contributed by atoms with Crippen molar-refractivity contribution in [1.29, 1.82) is 0 Å². The Bertz CT molecular complexity index is 304. The monoisotopic (exact) mass is 266 g/mol. The number of thiophene rings is 1. The van der Waals surface area contributed by atoms with Gasteiger partial charge in [0.25, 0.3) is 0 Å². The molecule has 2 heterocycles. The van der Waals surface area contributed by atoms with Crippen LogP contribution in [0.2, 0.25) is 0 Å². The second-order valence-corrected chi connectivity index (χ2v) is 6.17. The number of piperidine rings is 1. The molecule has 1 atom stereocenters. The highest BCUT2D eigenvalue weighted by molar-refractivity contribution is 7.10. The number of hydrogen-bond donors (Lipinski definition) is 1. The molecule has 0 amide bonds. The number of rotatable bonds is 7. The summed E-state index contributed by atoms with van der Waals surface area (Å²) in [5.74, 6) is 0. The van der Waals surface area contributed by atoms with Crippen LogP contribution in [-0.4, -0.2) is 31.1 Å². The van der Waals surface area contributed by atoms with E-state index in [1.54, 1.807) is 0 Å². The second kappa shape index (κ2) is 7.93. The smallest absolute Gasteiger partial charge is 0.0412 e. The number of nitrogens with zero attached hydrogens (tertiary/aromatic N) is 1. The van der Waals surface area contributed by atoms with Gasteiger partial charge in [-0.25, -0.2) is 0 Å². The fourth-order valence-electron chi connectivity index (χ4n) is 2.70. The molecule has 0 spiro atoms. The van der Waals surface area contributed by atoms with Crippen LogP contribution in [0.3, 0.4) is 0 Å². The Morgan fingerprint density at radius 2 is 2.17 bits per heavy atom. The Kier molecular flexibility index (Phi) is 6.18. The van der Waals surface area contributed by atoms with Crippen molar-refractivity contribution in [2.45, 2.75) is 45.1 Å². The Morgan fingerprint density at radius 1 is 1.33 bits per heavy atom. The summed E-state index contributed by atoms with van der Waals surface area (Å²) in [6.45, 7) is 7.33. The molecule has 1 aliphatic heterocycles. The van der Waals surface area contributed by atoms with Crippen molar-refractivity contribution in [2.24, 2.45) is 0 Å². The number of nitrogens with one attached hydrogen (secondary N) is 1. The topological polar surface area (TPSA) is 15.3 Å². The average Bonchev–Trinajstić information content (AvgIpc) is 2.94. The first-order chi connectivity index (χ1) is 8.90. The summed E-state index contributed by atoms with van der Waals surface area (Å²) >= 11 is 1.87. The normalized spacial score (nSPS) is 18.9. The Hall–Kier alpha value is -0.380. The molecular weight excluding hydrogens is 240 g/mol. The van der Waals surface area contributed by atoms with Crippen LogP contribution in [0, 0.1) is 0 Å². The predicted molar refractivity (Wildman–Crippen MR) is 80.3 cm³/mol. The van der Waals surface area contributed by atoms with Crippen LogP contribution in [0.1, 0.15) is 49.9 Å². The summed E-state index contributed by atoms with van der Waals surface area (Å²) in [5.41, 5.74) is 0. The number of likely N-dealkylation sites (tertiary alicyclic amines) is 1. The minimum Gasteiger partial charge on any atom is -0.309 e. The van der Waals surface area contributed by atoms with E-state index < -0.39 is 0 Å². The van der Waals surface area contributed by atoms with Gasteiger partial charge >= 0.3 is 0 Å². The third-order valence-electron chi connectivity index (χ3n) is 3.79. The van der Waals surface area contributed by atoms with Crippen molar-refractivity contribution < 1.29 is 0 Å². The molecule has 1 unspecified atom stereocenters. The molecule has 0 saturated carbocycles. The van der Waals surface area contributed by atoms with Crippen LogP contribution < -0.4 is 5.32 Å². The molecule has 0 aromatic carbocycles. The Labute approximate surface area is 115 Å². The first-order valence-electron chi connectivity index (χ1n) is 7.39. The zero-order valence-corrected chi connectivity index (χ0v) is 12.3. The number of hydrogen-bond acceptors (Lipinski definition) is 3. The van der Waals surface area contributed by atoms with E-state index >= 15 is 0 Å². The van der Waals surface area contributed by atoms with E-state index in [1.807, 2.05) is 11.3 Å². The van der Waals surface area contributed by atoms with Crippen molar-refractivity contribution in [1.82, 2.24) is 10.2 Å². The molecule has 3 heteroatoms. The van der Waals surface area contributed by atoms with Crippen LogP contribution in [0.15, 0.2) is 17.5 Å². The maximum atomic E-state index is 3.70. The van der Waals surface area contributed by atoms with E-state index in [2.05, 4.69) is 34.7 Å². The fourth-order valence-corrected chi connectivity index (χ4v) is 3.58. The van der Waals surface area contributed by atoms with Gasteiger partial charge in [0.15, 0.2) is 0 Å². The molecule has 0 bridgehead atoms. The maximum absolute atomic E-state index is 3.70. The minimum atomic E-state index is 0.561. The molecule has 0 aliphatic carbocycles. The van der Waals surface area contributed by atoms with E-state index in [0.717, 1.165) is 6.54 Å². The molecule has 18 heavy (non-hydrogen) atoms. The zero-order valence-electron chi connectivity index (χ0n) is 11.5. The van der Waals surface area contributed by atoms with E-state index in [9.17, 15) is 0 Å². The Balaban J connectivity index is 1.61. The van der Waals surface area contributed by atoms with Gasteiger partial charge < -0.3 is 10.2 Å². The molecule has 1 saturated heterocycles. The van der Waals surface area contributed by atoms with Crippen LogP contribution in [0.25, 0.3) is 0 Å². The standard InChI is InChI=1S/C15H26N2S/c1-2-14(15-8-6-13-18-15)16-9-7-12-17-10-4-3-5-11-17/h6,8,13-14,16H,2-5,7,9-12H2,1H3. The first-order valence-corrected chi connectivity index (χ1v) is 8.27. The lowest BCUT2D eigenvalue weighted by molar-refractivity contribution is 0.225. The van der Waals surface area contributed by atoms with Gasteiger partial charge in [-0.05, 0) is 63.3 Å². The summed E-state index contributed by atoms with van der Waals surface area (Å²) in [4.78, 5) is 4.10. The van der Waals surface area contributed by atoms with Gasteiger partial charge in [-0.2, -0.15) is 0 Å². The van der Waals surface area contributed by atoms with Gasteiger partial charge in [0.05, 0.1) is 0 Å². The molecule has 2 nitrogen and oxygen atoms in total. The van der Waals surface area contributed by atoms with Gasteiger partial charge in [-0.15, -0.1) is 11.3 Å². The SMILES string of the molecule is CCC(NCCCN1CCCCC1)c1cccs1. The second-order valence-electron chi connectivity index (χ2n) is 5.19. The lowest BCUT2D eigenvalue weighted by Crippen LogP contribution is -2.32. The van der Waals surface area contributed by atoms with E-state index in [0.29, 0.717) is 6.04 Å². The van der Waals surface area contributed by atoms with Crippen LogP contribution >= 0.6 is 11.3 Å². The van der Waals surface area contributed by atoms with Gasteiger partial charge in [-0.1, -0.05) is 19.4 Å². The van der Waals surface area contributed by atoms with Crippen molar-refractivity contribution >= 4 is 11.3 Å². The largest absolute Gasteiger partial charge is 0.309 e. The van der Waals surface area contributed by atoms with Crippen molar-refractivity contribution in [3.63, 3.8) is 0 Å². The molecule has 1 fully saturated rings. The first kappa shape index (κ1) is 14.0. The van der Waals surface area contributed by atoms with Crippen molar-refractivity contribution in [3.05, 3.63) is 22.4 Å².